The van der Waals surface area contributed by atoms with Gasteiger partial charge in [0.05, 0.1) is 6.10 Å². The second-order valence-electron chi connectivity index (χ2n) is 4.37. The Morgan fingerprint density at radius 1 is 1.11 bits per heavy atom. The van der Waals surface area contributed by atoms with Crippen molar-refractivity contribution in [3.05, 3.63) is 59.7 Å². The Balaban J connectivity index is 1.98. The number of fused-ring (bicyclic) bond motifs is 1. The van der Waals surface area contributed by atoms with E-state index in [9.17, 15) is 5.02 Å². The van der Waals surface area contributed by atoms with E-state index in [0.717, 1.165) is 22.3 Å². The van der Waals surface area contributed by atoms with Crippen LogP contribution in [-0.4, -0.2) is 19.2 Å². The summed E-state index contributed by atoms with van der Waals surface area (Å²) in [6, 6.07) is 15.8. The minimum Gasteiger partial charge on any atom is -0.423 e. The van der Waals surface area contributed by atoms with Crippen molar-refractivity contribution in [3.63, 3.8) is 0 Å². The lowest BCUT2D eigenvalue weighted by Gasteiger charge is -2.13. The fraction of sp³-hybridized carbons (Fsp3) is 0.143. The molecule has 1 heterocycles. The summed E-state index contributed by atoms with van der Waals surface area (Å²) in [5, 5.41) is 13.0. The standard InChI is InChI=1S/C14H14BNO2/c1-16-11-8-6-10(7-9-11)14-12-4-2-3-5-13(12)15(17)18-14/h2-9,14,16-17H,1H3. The van der Waals surface area contributed by atoms with Crippen molar-refractivity contribution in [2.24, 2.45) is 0 Å². The van der Waals surface area contributed by atoms with Crippen LogP contribution < -0.4 is 10.8 Å². The summed E-state index contributed by atoms with van der Waals surface area (Å²) in [5.41, 5.74) is 4.02. The number of hydrogen-bond acceptors (Lipinski definition) is 3. The van der Waals surface area contributed by atoms with Crippen LogP contribution in [0.1, 0.15) is 17.2 Å². The number of anilines is 1. The first-order valence-corrected chi connectivity index (χ1v) is 5.99. The van der Waals surface area contributed by atoms with Gasteiger partial charge in [0.1, 0.15) is 0 Å². The molecular weight excluding hydrogens is 225 g/mol. The van der Waals surface area contributed by atoms with E-state index in [4.69, 9.17) is 4.65 Å². The highest BCUT2D eigenvalue weighted by atomic mass is 16.5. The molecule has 1 aliphatic rings. The van der Waals surface area contributed by atoms with Gasteiger partial charge in [-0.3, -0.25) is 0 Å². The van der Waals surface area contributed by atoms with Gasteiger partial charge >= 0.3 is 7.12 Å². The van der Waals surface area contributed by atoms with Gasteiger partial charge in [-0.2, -0.15) is 0 Å². The van der Waals surface area contributed by atoms with E-state index in [1.165, 1.54) is 0 Å². The Labute approximate surface area is 107 Å². The molecule has 4 heteroatoms. The van der Waals surface area contributed by atoms with Gasteiger partial charge in [-0.15, -0.1) is 0 Å². The summed E-state index contributed by atoms with van der Waals surface area (Å²) in [7, 11) is 1.07. The summed E-state index contributed by atoms with van der Waals surface area (Å²) >= 11 is 0. The second-order valence-corrected chi connectivity index (χ2v) is 4.37. The fourth-order valence-electron chi connectivity index (χ4n) is 2.33. The summed E-state index contributed by atoms with van der Waals surface area (Å²) in [4.78, 5) is 0. The fourth-order valence-corrected chi connectivity index (χ4v) is 2.33. The molecule has 0 saturated carbocycles. The van der Waals surface area contributed by atoms with Gasteiger partial charge < -0.3 is 15.0 Å². The molecule has 1 aliphatic heterocycles. The quantitative estimate of drug-likeness (QED) is 0.781. The molecule has 0 amide bonds. The van der Waals surface area contributed by atoms with Crippen molar-refractivity contribution in [1.29, 1.82) is 0 Å². The predicted molar refractivity (Wildman–Crippen MR) is 73.0 cm³/mol. The van der Waals surface area contributed by atoms with Gasteiger partial charge in [-0.1, -0.05) is 36.4 Å². The molecule has 3 rings (SSSR count). The van der Waals surface area contributed by atoms with Gasteiger partial charge in [-0.25, -0.2) is 0 Å². The lowest BCUT2D eigenvalue weighted by atomic mass is 9.79. The summed E-state index contributed by atoms with van der Waals surface area (Å²) < 4.78 is 5.63. The number of benzene rings is 2. The highest BCUT2D eigenvalue weighted by molar-refractivity contribution is 6.61. The van der Waals surface area contributed by atoms with Crippen LogP contribution in [0.5, 0.6) is 0 Å². The van der Waals surface area contributed by atoms with Crippen molar-refractivity contribution in [2.75, 3.05) is 12.4 Å². The topological polar surface area (TPSA) is 41.5 Å². The minimum absolute atomic E-state index is 0.179. The van der Waals surface area contributed by atoms with Crippen LogP contribution in [0.4, 0.5) is 5.69 Å². The molecule has 0 bridgehead atoms. The molecule has 0 aromatic heterocycles. The van der Waals surface area contributed by atoms with Crippen molar-refractivity contribution in [1.82, 2.24) is 0 Å². The van der Waals surface area contributed by atoms with E-state index in [1.807, 2.05) is 55.6 Å². The molecule has 0 aliphatic carbocycles. The highest BCUT2D eigenvalue weighted by Crippen LogP contribution is 2.30. The molecule has 1 unspecified atom stereocenters. The van der Waals surface area contributed by atoms with E-state index in [2.05, 4.69) is 5.32 Å². The average molecular weight is 239 g/mol. The zero-order chi connectivity index (χ0) is 12.5. The molecule has 0 radical (unpaired) electrons. The van der Waals surface area contributed by atoms with Gasteiger partial charge in [-0.05, 0) is 28.7 Å². The third-order valence-electron chi connectivity index (χ3n) is 3.31. The van der Waals surface area contributed by atoms with Crippen molar-refractivity contribution < 1.29 is 9.68 Å². The normalized spacial score (nSPS) is 17.7. The molecule has 2 N–H and O–H groups in total. The molecule has 3 nitrogen and oxygen atoms in total. The predicted octanol–water partition coefficient (Wildman–Crippen LogP) is 1.54. The molecule has 0 saturated heterocycles. The Hall–Kier alpha value is -1.78. The van der Waals surface area contributed by atoms with E-state index in [-0.39, 0.29) is 6.10 Å². The molecule has 2 aromatic carbocycles. The van der Waals surface area contributed by atoms with Gasteiger partial charge in [0.25, 0.3) is 0 Å². The third-order valence-corrected chi connectivity index (χ3v) is 3.31. The maximum absolute atomic E-state index is 9.88. The van der Waals surface area contributed by atoms with Crippen LogP contribution in [0.2, 0.25) is 0 Å². The number of hydrogen-bond donors (Lipinski definition) is 2. The van der Waals surface area contributed by atoms with Crippen LogP contribution in [-0.2, 0) is 4.65 Å². The maximum atomic E-state index is 9.88. The summed E-state index contributed by atoms with van der Waals surface area (Å²) in [5.74, 6) is 0. The average Bonchev–Trinajstić information content (AvgIpc) is 2.77. The van der Waals surface area contributed by atoms with E-state index >= 15 is 0 Å². The molecule has 90 valence electrons. The first-order chi connectivity index (χ1) is 8.79. The smallest absolute Gasteiger partial charge is 0.423 e. The maximum Gasteiger partial charge on any atom is 0.492 e. The summed E-state index contributed by atoms with van der Waals surface area (Å²) in [6.07, 6.45) is -0.179. The van der Waals surface area contributed by atoms with Gasteiger partial charge in [0.15, 0.2) is 0 Å². The van der Waals surface area contributed by atoms with E-state index in [0.29, 0.717) is 0 Å². The largest absolute Gasteiger partial charge is 0.492 e. The molecule has 0 spiro atoms. The Morgan fingerprint density at radius 3 is 2.56 bits per heavy atom. The zero-order valence-corrected chi connectivity index (χ0v) is 10.1. The van der Waals surface area contributed by atoms with Crippen LogP contribution in [0, 0.1) is 0 Å². The van der Waals surface area contributed by atoms with Crippen molar-refractivity contribution >= 4 is 18.3 Å². The number of nitrogens with one attached hydrogen (secondary N) is 1. The highest BCUT2D eigenvalue weighted by Gasteiger charge is 2.35. The van der Waals surface area contributed by atoms with Crippen LogP contribution in [0.3, 0.4) is 0 Å². The first-order valence-electron chi connectivity index (χ1n) is 5.99. The number of rotatable bonds is 2. The van der Waals surface area contributed by atoms with Gasteiger partial charge in [0.2, 0.25) is 0 Å². The molecule has 0 fully saturated rings. The van der Waals surface area contributed by atoms with Gasteiger partial charge in [0, 0.05) is 12.7 Å². The van der Waals surface area contributed by atoms with Crippen molar-refractivity contribution in [2.45, 2.75) is 6.10 Å². The lowest BCUT2D eigenvalue weighted by Crippen LogP contribution is -2.27. The SMILES string of the molecule is CNc1ccc(C2OB(O)c3ccccc32)cc1. The van der Waals surface area contributed by atoms with Crippen LogP contribution in [0.15, 0.2) is 48.5 Å². The lowest BCUT2D eigenvalue weighted by molar-refractivity contribution is 0.226. The molecule has 1 atom stereocenters. The molecule has 2 aromatic rings. The monoisotopic (exact) mass is 239 g/mol. The molecular formula is C14H14BNO2. The zero-order valence-electron chi connectivity index (χ0n) is 10.1. The summed E-state index contributed by atoms with van der Waals surface area (Å²) in [6.45, 7) is 0. The van der Waals surface area contributed by atoms with Crippen LogP contribution >= 0.6 is 0 Å². The van der Waals surface area contributed by atoms with Crippen molar-refractivity contribution in [3.8, 4) is 0 Å². The Bertz CT molecular complexity index is 556. The van der Waals surface area contributed by atoms with E-state index < -0.39 is 7.12 Å². The van der Waals surface area contributed by atoms with E-state index in [1.54, 1.807) is 0 Å². The first kappa shape index (κ1) is 11.3. The Morgan fingerprint density at radius 2 is 1.83 bits per heavy atom. The third kappa shape index (κ3) is 1.80. The molecule has 18 heavy (non-hydrogen) atoms. The van der Waals surface area contributed by atoms with Crippen LogP contribution in [0.25, 0.3) is 0 Å². The Kier molecular flexibility index (Phi) is 2.82. The second kappa shape index (κ2) is 4.48. The minimum atomic E-state index is -0.824.